The van der Waals surface area contributed by atoms with Crippen molar-refractivity contribution in [3.05, 3.63) is 24.0 Å². The molecule has 0 bridgehead atoms. The third kappa shape index (κ3) is 2.46. The van der Waals surface area contributed by atoms with E-state index in [0.29, 0.717) is 23.0 Å². The fourth-order valence-corrected chi connectivity index (χ4v) is 3.33. The molecule has 3 rings (SSSR count). The average Bonchev–Trinajstić information content (AvgIpc) is 2.92. The minimum absolute atomic E-state index is 0.0209. The Hall–Kier alpha value is -1.73. The van der Waals surface area contributed by atoms with Gasteiger partial charge in [-0.15, -0.1) is 0 Å². The van der Waals surface area contributed by atoms with Gasteiger partial charge in [-0.3, -0.25) is 4.90 Å². The van der Waals surface area contributed by atoms with Gasteiger partial charge in [0.05, 0.1) is 11.7 Å². The van der Waals surface area contributed by atoms with Gasteiger partial charge in [0.25, 0.3) is 5.89 Å². The summed E-state index contributed by atoms with van der Waals surface area (Å²) in [5.41, 5.74) is 6.58. The second kappa shape index (κ2) is 5.34. The summed E-state index contributed by atoms with van der Waals surface area (Å²) in [6, 6.07) is 5.09. The van der Waals surface area contributed by atoms with Crippen molar-refractivity contribution in [3.63, 3.8) is 0 Å². The lowest BCUT2D eigenvalue weighted by Gasteiger charge is -2.29. The Labute approximate surface area is 121 Å². The second-order valence-corrected chi connectivity index (χ2v) is 5.95. The lowest BCUT2D eigenvalue weighted by atomic mass is 10.2. The molecule has 1 aliphatic rings. The summed E-state index contributed by atoms with van der Waals surface area (Å²) in [6.07, 6.45) is 0. The molecule has 1 fully saturated rings. The van der Waals surface area contributed by atoms with E-state index >= 15 is 0 Å². The highest BCUT2D eigenvalue weighted by Gasteiger charge is 2.26. The first-order valence-corrected chi connectivity index (χ1v) is 7.51. The largest absolute Gasteiger partial charge is 0.506 e. The quantitative estimate of drug-likeness (QED) is 0.644. The molecule has 2 heterocycles. The zero-order chi connectivity index (χ0) is 14.1. The van der Waals surface area contributed by atoms with Gasteiger partial charge in [0, 0.05) is 23.6 Å². The van der Waals surface area contributed by atoms with Crippen LogP contribution in [0.25, 0.3) is 11.5 Å². The first-order chi connectivity index (χ1) is 9.65. The Bertz CT molecular complexity index is 616. The monoisotopic (exact) mass is 292 g/mol. The molecular formula is C13H16N4O2S. The van der Waals surface area contributed by atoms with Crippen LogP contribution in [0.2, 0.25) is 0 Å². The molecule has 0 saturated carbocycles. The number of benzene rings is 1. The summed E-state index contributed by atoms with van der Waals surface area (Å²) in [5, 5.41) is 13.7. The number of phenolic OH excluding ortho intramolecular Hbond substituents is 1. The molecule has 0 amide bonds. The van der Waals surface area contributed by atoms with Crippen LogP contribution in [0.15, 0.2) is 22.7 Å². The first-order valence-electron chi connectivity index (χ1n) is 6.35. The number of hydrogen-bond acceptors (Lipinski definition) is 7. The maximum atomic E-state index is 9.63. The average molecular weight is 292 g/mol. The van der Waals surface area contributed by atoms with E-state index in [1.807, 2.05) is 11.8 Å². The standard InChI is InChI=1S/C13H16N4O2S/c1-17-4-5-20-7-10(17)12-15-13(19-16-12)8-2-3-9(14)11(18)6-8/h2-3,6,10,18H,4-5,7,14H2,1H3. The zero-order valence-electron chi connectivity index (χ0n) is 11.1. The molecule has 2 aromatic rings. The van der Waals surface area contributed by atoms with E-state index in [2.05, 4.69) is 22.1 Å². The maximum Gasteiger partial charge on any atom is 0.258 e. The second-order valence-electron chi connectivity index (χ2n) is 4.80. The molecule has 1 saturated heterocycles. The van der Waals surface area contributed by atoms with Gasteiger partial charge < -0.3 is 15.4 Å². The maximum absolute atomic E-state index is 9.63. The summed E-state index contributed by atoms with van der Waals surface area (Å²) in [6.45, 7) is 1.02. The van der Waals surface area contributed by atoms with Crippen LogP contribution in [0.5, 0.6) is 5.75 Å². The summed E-state index contributed by atoms with van der Waals surface area (Å²) in [5.74, 6) is 3.20. The van der Waals surface area contributed by atoms with Gasteiger partial charge >= 0.3 is 0 Å². The van der Waals surface area contributed by atoms with Crippen LogP contribution in [0.1, 0.15) is 11.9 Å². The van der Waals surface area contributed by atoms with Crippen molar-refractivity contribution in [2.45, 2.75) is 6.04 Å². The fraction of sp³-hybridized carbons (Fsp3) is 0.385. The molecule has 0 spiro atoms. The predicted molar refractivity (Wildman–Crippen MR) is 78.5 cm³/mol. The predicted octanol–water partition coefficient (Wildman–Crippen LogP) is 1.74. The van der Waals surface area contributed by atoms with E-state index in [1.165, 1.54) is 6.07 Å². The number of nitrogen functional groups attached to an aromatic ring is 1. The van der Waals surface area contributed by atoms with E-state index in [0.717, 1.165) is 18.1 Å². The van der Waals surface area contributed by atoms with Gasteiger partial charge in [0.1, 0.15) is 5.75 Å². The number of nitrogens with two attached hydrogens (primary N) is 1. The molecule has 1 unspecified atom stereocenters. The molecule has 6 nitrogen and oxygen atoms in total. The van der Waals surface area contributed by atoms with Crippen LogP contribution in [0, 0.1) is 0 Å². The van der Waals surface area contributed by atoms with Crippen LogP contribution in [-0.2, 0) is 0 Å². The summed E-state index contributed by atoms with van der Waals surface area (Å²) in [7, 11) is 2.06. The third-order valence-electron chi connectivity index (χ3n) is 3.41. The highest BCUT2D eigenvalue weighted by Crippen LogP contribution is 2.30. The van der Waals surface area contributed by atoms with Crippen LogP contribution in [0.4, 0.5) is 5.69 Å². The minimum atomic E-state index is 0.0209. The molecule has 1 aliphatic heterocycles. The zero-order valence-corrected chi connectivity index (χ0v) is 11.9. The molecule has 0 radical (unpaired) electrons. The molecule has 1 aromatic heterocycles. The highest BCUT2D eigenvalue weighted by atomic mass is 32.2. The highest BCUT2D eigenvalue weighted by molar-refractivity contribution is 7.99. The number of phenols is 1. The number of hydrogen-bond donors (Lipinski definition) is 2. The van der Waals surface area contributed by atoms with Crippen molar-refractivity contribution < 1.29 is 9.63 Å². The normalized spacial score (nSPS) is 20.1. The van der Waals surface area contributed by atoms with Gasteiger partial charge in [-0.05, 0) is 25.2 Å². The third-order valence-corrected chi connectivity index (χ3v) is 4.44. The summed E-state index contributed by atoms with van der Waals surface area (Å²) in [4.78, 5) is 6.67. The number of thioether (sulfide) groups is 1. The lowest BCUT2D eigenvalue weighted by Crippen LogP contribution is -2.33. The van der Waals surface area contributed by atoms with E-state index < -0.39 is 0 Å². The van der Waals surface area contributed by atoms with Gasteiger partial charge in [0.15, 0.2) is 5.82 Å². The molecule has 7 heteroatoms. The van der Waals surface area contributed by atoms with Crippen LogP contribution >= 0.6 is 11.8 Å². The molecule has 3 N–H and O–H groups in total. The Morgan fingerprint density at radius 2 is 2.35 bits per heavy atom. The molecule has 0 aliphatic carbocycles. The van der Waals surface area contributed by atoms with Crippen LogP contribution < -0.4 is 5.73 Å². The number of rotatable bonds is 2. The summed E-state index contributed by atoms with van der Waals surface area (Å²) >= 11 is 1.89. The van der Waals surface area contributed by atoms with Crippen molar-refractivity contribution in [1.29, 1.82) is 0 Å². The topological polar surface area (TPSA) is 88.4 Å². The summed E-state index contributed by atoms with van der Waals surface area (Å²) < 4.78 is 5.30. The Morgan fingerprint density at radius 3 is 3.10 bits per heavy atom. The van der Waals surface area contributed by atoms with Crippen molar-refractivity contribution in [2.75, 3.05) is 30.8 Å². The van der Waals surface area contributed by atoms with Crippen molar-refractivity contribution in [2.24, 2.45) is 0 Å². The Kier molecular flexibility index (Phi) is 3.54. The van der Waals surface area contributed by atoms with Gasteiger partial charge in [-0.2, -0.15) is 16.7 Å². The van der Waals surface area contributed by atoms with Crippen LogP contribution in [-0.4, -0.2) is 45.2 Å². The van der Waals surface area contributed by atoms with E-state index in [-0.39, 0.29) is 11.8 Å². The molecule has 1 aromatic carbocycles. The molecule has 1 atom stereocenters. The van der Waals surface area contributed by atoms with E-state index in [1.54, 1.807) is 12.1 Å². The first kappa shape index (κ1) is 13.3. The number of aromatic nitrogens is 2. The van der Waals surface area contributed by atoms with Crippen molar-refractivity contribution in [1.82, 2.24) is 15.0 Å². The molecule has 106 valence electrons. The van der Waals surface area contributed by atoms with Gasteiger partial charge in [-0.1, -0.05) is 5.16 Å². The van der Waals surface area contributed by atoms with E-state index in [4.69, 9.17) is 10.3 Å². The number of aromatic hydroxyl groups is 1. The number of nitrogens with zero attached hydrogens (tertiary/aromatic N) is 3. The van der Waals surface area contributed by atoms with Gasteiger partial charge in [-0.25, -0.2) is 0 Å². The SMILES string of the molecule is CN1CCSCC1c1noc(-c2ccc(N)c(O)c2)n1. The van der Waals surface area contributed by atoms with E-state index in [9.17, 15) is 5.11 Å². The van der Waals surface area contributed by atoms with Crippen molar-refractivity contribution >= 4 is 17.4 Å². The Balaban J connectivity index is 1.87. The smallest absolute Gasteiger partial charge is 0.258 e. The molecule has 20 heavy (non-hydrogen) atoms. The minimum Gasteiger partial charge on any atom is -0.506 e. The van der Waals surface area contributed by atoms with Crippen LogP contribution in [0.3, 0.4) is 0 Å². The van der Waals surface area contributed by atoms with Gasteiger partial charge in [0.2, 0.25) is 0 Å². The van der Waals surface area contributed by atoms with Crippen molar-refractivity contribution in [3.8, 4) is 17.2 Å². The molecular weight excluding hydrogens is 276 g/mol. The fourth-order valence-electron chi connectivity index (χ4n) is 2.12. The number of anilines is 1. The lowest BCUT2D eigenvalue weighted by molar-refractivity contribution is 0.257. The Morgan fingerprint density at radius 1 is 1.50 bits per heavy atom.